The van der Waals surface area contributed by atoms with Crippen molar-refractivity contribution in [1.82, 2.24) is 5.32 Å². The topological polar surface area (TPSA) is 66.5 Å². The van der Waals surface area contributed by atoms with Crippen molar-refractivity contribution in [2.45, 2.75) is 0 Å². The Kier molecular flexibility index (Phi) is 5.80. The van der Waals surface area contributed by atoms with Gasteiger partial charge in [-0.05, 0) is 36.4 Å². The zero-order chi connectivity index (χ0) is 17.7. The Hall–Kier alpha value is -2.12. The van der Waals surface area contributed by atoms with Crippen LogP contribution < -0.4 is 9.62 Å². The summed E-state index contributed by atoms with van der Waals surface area (Å²) in [5.41, 5.74) is 0.637. The highest BCUT2D eigenvalue weighted by atomic mass is 35.5. The van der Waals surface area contributed by atoms with E-state index in [1.165, 1.54) is 24.3 Å². The fourth-order valence-corrected chi connectivity index (χ4v) is 3.25. The minimum Gasteiger partial charge on any atom is -0.350 e. The standard InChI is InChI=1S/C16H16ClFN2O3S/c1-24(22,23)20(13-8-6-12(18)7-9-13)11-10-19-16(21)14-4-2-3-5-15(14)17/h2-9H,10-11H2,1H3,(H,19,21). The largest absolute Gasteiger partial charge is 0.350 e. The van der Waals surface area contributed by atoms with Gasteiger partial charge in [-0.1, -0.05) is 23.7 Å². The molecule has 0 aromatic heterocycles. The van der Waals surface area contributed by atoms with Crippen LogP contribution >= 0.6 is 11.6 Å². The first-order valence-corrected chi connectivity index (χ1v) is 9.27. The van der Waals surface area contributed by atoms with Gasteiger partial charge in [0.2, 0.25) is 10.0 Å². The van der Waals surface area contributed by atoms with Crippen LogP contribution in [0.1, 0.15) is 10.4 Å². The molecule has 0 fully saturated rings. The third-order valence-electron chi connectivity index (χ3n) is 3.23. The van der Waals surface area contributed by atoms with Gasteiger partial charge in [0.15, 0.2) is 0 Å². The number of sulfonamides is 1. The first-order chi connectivity index (χ1) is 11.3. The molecule has 5 nitrogen and oxygen atoms in total. The maximum Gasteiger partial charge on any atom is 0.252 e. The summed E-state index contributed by atoms with van der Waals surface area (Å²) < 4.78 is 37.9. The molecule has 0 aliphatic carbocycles. The second-order valence-corrected chi connectivity index (χ2v) is 7.36. The lowest BCUT2D eigenvalue weighted by Gasteiger charge is -2.22. The van der Waals surface area contributed by atoms with Crippen molar-refractivity contribution >= 4 is 33.2 Å². The predicted molar refractivity (Wildman–Crippen MR) is 92.4 cm³/mol. The lowest BCUT2D eigenvalue weighted by atomic mass is 10.2. The molecule has 128 valence electrons. The van der Waals surface area contributed by atoms with Crippen LogP contribution in [0.25, 0.3) is 0 Å². The number of hydrogen-bond donors (Lipinski definition) is 1. The molecule has 1 N–H and O–H groups in total. The number of anilines is 1. The number of benzene rings is 2. The zero-order valence-electron chi connectivity index (χ0n) is 12.9. The zero-order valence-corrected chi connectivity index (χ0v) is 14.4. The summed E-state index contributed by atoms with van der Waals surface area (Å²) in [5, 5.41) is 2.93. The summed E-state index contributed by atoms with van der Waals surface area (Å²) in [6.45, 7) is 0.0924. The predicted octanol–water partition coefficient (Wildman–Crippen LogP) is 2.68. The van der Waals surface area contributed by atoms with Crippen molar-refractivity contribution in [3.63, 3.8) is 0 Å². The molecule has 0 heterocycles. The van der Waals surface area contributed by atoms with Crippen LogP contribution in [0, 0.1) is 5.82 Å². The number of hydrogen-bond acceptors (Lipinski definition) is 3. The van der Waals surface area contributed by atoms with Gasteiger partial charge in [0.1, 0.15) is 5.82 Å². The van der Waals surface area contributed by atoms with Crippen LogP contribution in [0.4, 0.5) is 10.1 Å². The van der Waals surface area contributed by atoms with Crippen molar-refractivity contribution < 1.29 is 17.6 Å². The van der Waals surface area contributed by atoms with Crippen LogP contribution in [-0.4, -0.2) is 33.7 Å². The summed E-state index contributed by atoms with van der Waals surface area (Å²) in [4.78, 5) is 12.1. The minimum atomic E-state index is -3.57. The Labute approximate surface area is 145 Å². The molecule has 1 amide bonds. The lowest BCUT2D eigenvalue weighted by Crippen LogP contribution is -2.38. The van der Waals surface area contributed by atoms with E-state index in [1.54, 1.807) is 24.3 Å². The van der Waals surface area contributed by atoms with Crippen molar-refractivity contribution in [3.8, 4) is 0 Å². The molecular weight excluding hydrogens is 355 g/mol. The Morgan fingerprint density at radius 1 is 1.17 bits per heavy atom. The number of amides is 1. The van der Waals surface area contributed by atoms with Crippen LogP contribution in [0.3, 0.4) is 0 Å². The number of halogens is 2. The van der Waals surface area contributed by atoms with E-state index in [4.69, 9.17) is 11.6 Å². The summed E-state index contributed by atoms with van der Waals surface area (Å²) in [5.74, 6) is -0.854. The van der Waals surface area contributed by atoms with Gasteiger partial charge in [0, 0.05) is 6.54 Å². The highest BCUT2D eigenvalue weighted by molar-refractivity contribution is 7.92. The van der Waals surface area contributed by atoms with Gasteiger partial charge in [0.25, 0.3) is 5.91 Å². The smallest absolute Gasteiger partial charge is 0.252 e. The van der Waals surface area contributed by atoms with Gasteiger partial charge in [-0.15, -0.1) is 0 Å². The SMILES string of the molecule is CS(=O)(=O)N(CCNC(=O)c1ccccc1Cl)c1ccc(F)cc1. The lowest BCUT2D eigenvalue weighted by molar-refractivity contribution is 0.0955. The molecule has 2 aromatic rings. The fraction of sp³-hybridized carbons (Fsp3) is 0.188. The molecule has 0 radical (unpaired) electrons. The van der Waals surface area contributed by atoms with Gasteiger partial charge >= 0.3 is 0 Å². The van der Waals surface area contributed by atoms with Crippen LogP contribution in [-0.2, 0) is 10.0 Å². The molecule has 8 heteroatoms. The van der Waals surface area contributed by atoms with E-state index >= 15 is 0 Å². The molecule has 0 bridgehead atoms. The van der Waals surface area contributed by atoms with Crippen LogP contribution in [0.2, 0.25) is 5.02 Å². The maximum absolute atomic E-state index is 13.0. The number of nitrogens with zero attached hydrogens (tertiary/aromatic N) is 1. The molecule has 2 aromatic carbocycles. The van der Waals surface area contributed by atoms with Crippen LogP contribution in [0.5, 0.6) is 0 Å². The van der Waals surface area contributed by atoms with Crippen molar-refractivity contribution in [2.24, 2.45) is 0 Å². The molecule has 0 saturated heterocycles. The molecule has 0 spiro atoms. The number of rotatable bonds is 6. The molecular formula is C16H16ClFN2O3S. The van der Waals surface area contributed by atoms with Gasteiger partial charge in [-0.3, -0.25) is 9.10 Å². The van der Waals surface area contributed by atoms with E-state index in [0.717, 1.165) is 10.6 Å². The third-order valence-corrected chi connectivity index (χ3v) is 4.76. The maximum atomic E-state index is 13.0. The molecule has 24 heavy (non-hydrogen) atoms. The number of nitrogens with one attached hydrogen (secondary N) is 1. The summed E-state index contributed by atoms with van der Waals surface area (Å²) in [6.07, 6.45) is 1.05. The van der Waals surface area contributed by atoms with Crippen molar-refractivity contribution in [2.75, 3.05) is 23.7 Å². The Balaban J connectivity index is 2.05. The fourth-order valence-electron chi connectivity index (χ4n) is 2.11. The van der Waals surface area contributed by atoms with Gasteiger partial charge in [-0.25, -0.2) is 12.8 Å². The quantitative estimate of drug-likeness (QED) is 0.850. The first kappa shape index (κ1) is 18.2. The van der Waals surface area contributed by atoms with Crippen molar-refractivity contribution in [1.29, 1.82) is 0 Å². The molecule has 2 rings (SSSR count). The molecule has 0 atom stereocenters. The summed E-state index contributed by atoms with van der Waals surface area (Å²) in [6, 6.07) is 11.6. The Morgan fingerprint density at radius 2 is 1.79 bits per heavy atom. The molecule has 0 aliphatic heterocycles. The third kappa shape index (κ3) is 4.69. The average molecular weight is 371 g/mol. The Bertz CT molecular complexity index is 825. The van der Waals surface area contributed by atoms with E-state index in [2.05, 4.69) is 5.32 Å². The number of carbonyl (C=O) groups excluding carboxylic acids is 1. The second kappa shape index (κ2) is 7.63. The summed E-state index contributed by atoms with van der Waals surface area (Å²) in [7, 11) is -3.57. The van der Waals surface area contributed by atoms with E-state index in [9.17, 15) is 17.6 Å². The van der Waals surface area contributed by atoms with E-state index in [1.807, 2.05) is 0 Å². The monoisotopic (exact) mass is 370 g/mol. The highest BCUT2D eigenvalue weighted by Gasteiger charge is 2.18. The Morgan fingerprint density at radius 3 is 2.38 bits per heavy atom. The molecule has 0 saturated carbocycles. The molecule has 0 aliphatic rings. The first-order valence-electron chi connectivity index (χ1n) is 7.05. The highest BCUT2D eigenvalue weighted by Crippen LogP contribution is 2.18. The summed E-state index contributed by atoms with van der Waals surface area (Å²) >= 11 is 5.94. The second-order valence-electron chi connectivity index (χ2n) is 5.05. The van der Waals surface area contributed by atoms with E-state index < -0.39 is 21.7 Å². The number of carbonyl (C=O) groups is 1. The normalized spacial score (nSPS) is 11.1. The van der Waals surface area contributed by atoms with Crippen molar-refractivity contribution in [3.05, 3.63) is 64.9 Å². The van der Waals surface area contributed by atoms with Gasteiger partial charge in [-0.2, -0.15) is 0 Å². The minimum absolute atomic E-state index is 0.0145. The van der Waals surface area contributed by atoms with Gasteiger partial charge in [0.05, 0.1) is 29.1 Å². The average Bonchev–Trinajstić information content (AvgIpc) is 2.52. The van der Waals surface area contributed by atoms with E-state index in [0.29, 0.717) is 16.3 Å². The van der Waals surface area contributed by atoms with E-state index in [-0.39, 0.29) is 13.1 Å². The molecule has 0 unspecified atom stereocenters. The van der Waals surface area contributed by atoms with Gasteiger partial charge < -0.3 is 5.32 Å². The van der Waals surface area contributed by atoms with Crippen LogP contribution in [0.15, 0.2) is 48.5 Å².